The van der Waals surface area contributed by atoms with Gasteiger partial charge in [-0.2, -0.15) is 0 Å². The molecule has 23 heavy (non-hydrogen) atoms. The predicted octanol–water partition coefficient (Wildman–Crippen LogP) is 4.00. The van der Waals surface area contributed by atoms with Crippen molar-refractivity contribution < 1.29 is 19.4 Å². The molecule has 0 fully saturated rings. The first-order valence-corrected chi connectivity index (χ1v) is 7.56. The van der Waals surface area contributed by atoms with Gasteiger partial charge in [0.1, 0.15) is 19.0 Å². The zero-order chi connectivity index (χ0) is 16.5. The first-order chi connectivity index (χ1) is 11.2. The Hall–Kier alpha value is -2.40. The summed E-state index contributed by atoms with van der Waals surface area (Å²) in [5.74, 6) is 1.72. The molecule has 0 heterocycles. The highest BCUT2D eigenvalue weighted by atomic mass is 35.5. The molecule has 5 nitrogen and oxygen atoms in total. The summed E-state index contributed by atoms with van der Waals surface area (Å²) in [6.45, 7) is 3.03. The lowest BCUT2D eigenvalue weighted by atomic mass is 10.2. The van der Waals surface area contributed by atoms with E-state index in [4.69, 9.17) is 31.0 Å². The van der Waals surface area contributed by atoms with Gasteiger partial charge in [0, 0.05) is 5.56 Å². The molecule has 0 unspecified atom stereocenters. The van der Waals surface area contributed by atoms with E-state index in [1.807, 2.05) is 37.3 Å². The Kier molecular flexibility index (Phi) is 6.56. The maximum atomic E-state index is 8.62. The van der Waals surface area contributed by atoms with Crippen molar-refractivity contribution in [3.05, 3.63) is 53.1 Å². The molecule has 122 valence electrons. The minimum Gasteiger partial charge on any atom is -0.490 e. The van der Waals surface area contributed by atoms with Crippen LogP contribution in [-0.2, 0) is 0 Å². The lowest BCUT2D eigenvalue weighted by Crippen LogP contribution is -2.10. The lowest BCUT2D eigenvalue weighted by Gasteiger charge is -2.14. The van der Waals surface area contributed by atoms with E-state index in [9.17, 15) is 0 Å². The zero-order valence-corrected chi connectivity index (χ0v) is 13.5. The number of benzene rings is 2. The second kappa shape index (κ2) is 8.90. The summed E-state index contributed by atoms with van der Waals surface area (Å²) in [5.41, 5.74) is 0.619. The Labute approximate surface area is 140 Å². The molecule has 6 heteroatoms. The highest BCUT2D eigenvalue weighted by Crippen LogP contribution is 2.36. The number of nitrogens with zero attached hydrogens (tertiary/aromatic N) is 1. The van der Waals surface area contributed by atoms with E-state index >= 15 is 0 Å². The monoisotopic (exact) mass is 335 g/mol. The summed E-state index contributed by atoms with van der Waals surface area (Å²) in [6.07, 6.45) is 1.27. The van der Waals surface area contributed by atoms with Crippen LogP contribution < -0.4 is 14.2 Å². The minimum absolute atomic E-state index is 0.322. The van der Waals surface area contributed by atoms with Crippen LogP contribution in [-0.4, -0.2) is 31.2 Å². The van der Waals surface area contributed by atoms with Gasteiger partial charge in [0.15, 0.2) is 11.5 Å². The van der Waals surface area contributed by atoms with Crippen LogP contribution >= 0.6 is 11.6 Å². The average molecular weight is 336 g/mol. The molecule has 1 N–H and O–H groups in total. The Morgan fingerprint density at radius 3 is 2.52 bits per heavy atom. The molecule has 0 spiro atoms. The van der Waals surface area contributed by atoms with E-state index < -0.39 is 0 Å². The van der Waals surface area contributed by atoms with E-state index in [0.717, 1.165) is 5.75 Å². The molecule has 0 saturated heterocycles. The van der Waals surface area contributed by atoms with Gasteiger partial charge in [-0.1, -0.05) is 35.0 Å². The standard InChI is InChI=1S/C17H18ClNO4/c1-2-21-16-11-13(12-19-20)10-15(18)17(16)23-9-8-22-14-6-4-3-5-7-14/h3-7,10-12,20H,2,8-9H2,1H3. The third-order valence-corrected chi connectivity index (χ3v) is 3.16. The number of para-hydroxylation sites is 1. The van der Waals surface area contributed by atoms with E-state index in [0.29, 0.717) is 41.9 Å². The minimum atomic E-state index is 0.322. The molecule has 0 amide bonds. The van der Waals surface area contributed by atoms with Crippen LogP contribution in [0.3, 0.4) is 0 Å². The van der Waals surface area contributed by atoms with Crippen molar-refractivity contribution in [3.8, 4) is 17.2 Å². The highest BCUT2D eigenvalue weighted by molar-refractivity contribution is 6.32. The second-order valence-corrected chi connectivity index (χ2v) is 4.92. The fourth-order valence-electron chi connectivity index (χ4n) is 1.95. The molecule has 0 bridgehead atoms. The van der Waals surface area contributed by atoms with Crippen molar-refractivity contribution in [2.24, 2.45) is 5.16 Å². The van der Waals surface area contributed by atoms with E-state index in [2.05, 4.69) is 5.16 Å². The molecule has 0 aliphatic heterocycles. The van der Waals surface area contributed by atoms with Gasteiger partial charge in [0.05, 0.1) is 17.8 Å². The van der Waals surface area contributed by atoms with Gasteiger partial charge in [0.2, 0.25) is 0 Å². The van der Waals surface area contributed by atoms with Crippen LogP contribution in [0.15, 0.2) is 47.6 Å². The van der Waals surface area contributed by atoms with Crippen molar-refractivity contribution >= 4 is 17.8 Å². The van der Waals surface area contributed by atoms with Crippen molar-refractivity contribution in [1.29, 1.82) is 0 Å². The van der Waals surface area contributed by atoms with Crippen molar-refractivity contribution in [2.45, 2.75) is 6.92 Å². The van der Waals surface area contributed by atoms with Crippen LogP contribution in [0.4, 0.5) is 0 Å². The fourth-order valence-corrected chi connectivity index (χ4v) is 2.23. The number of oxime groups is 1. The van der Waals surface area contributed by atoms with Gasteiger partial charge in [-0.05, 0) is 31.2 Å². The third-order valence-electron chi connectivity index (χ3n) is 2.88. The van der Waals surface area contributed by atoms with E-state index in [-0.39, 0.29) is 0 Å². The SMILES string of the molecule is CCOc1cc(C=NO)cc(Cl)c1OCCOc1ccccc1. The van der Waals surface area contributed by atoms with Gasteiger partial charge in [0.25, 0.3) is 0 Å². The molecular weight excluding hydrogens is 318 g/mol. The van der Waals surface area contributed by atoms with Gasteiger partial charge in [-0.25, -0.2) is 0 Å². The van der Waals surface area contributed by atoms with Gasteiger partial charge in [-0.3, -0.25) is 0 Å². The Bertz CT molecular complexity index is 647. The molecule has 0 aliphatic carbocycles. The molecule has 0 aromatic heterocycles. The molecular formula is C17H18ClNO4. The highest BCUT2D eigenvalue weighted by Gasteiger charge is 2.12. The summed E-state index contributed by atoms with van der Waals surface area (Å²) in [6, 6.07) is 12.8. The van der Waals surface area contributed by atoms with Crippen LogP contribution in [0.5, 0.6) is 17.2 Å². The number of rotatable bonds is 8. The lowest BCUT2D eigenvalue weighted by molar-refractivity contribution is 0.208. The number of ether oxygens (including phenoxy) is 3. The quantitative estimate of drug-likeness (QED) is 0.343. The fraction of sp³-hybridized carbons (Fsp3) is 0.235. The summed E-state index contributed by atoms with van der Waals surface area (Å²) in [5, 5.41) is 12.0. The molecule has 0 aliphatic rings. The van der Waals surface area contributed by atoms with Crippen LogP contribution in [0, 0.1) is 0 Å². The molecule has 0 radical (unpaired) electrons. The summed E-state index contributed by atoms with van der Waals surface area (Å²) < 4.78 is 16.8. The Morgan fingerprint density at radius 1 is 1.09 bits per heavy atom. The summed E-state index contributed by atoms with van der Waals surface area (Å²) in [4.78, 5) is 0. The summed E-state index contributed by atoms with van der Waals surface area (Å²) >= 11 is 6.21. The van der Waals surface area contributed by atoms with Crippen LogP contribution in [0.2, 0.25) is 5.02 Å². The van der Waals surface area contributed by atoms with Gasteiger partial charge < -0.3 is 19.4 Å². The Morgan fingerprint density at radius 2 is 1.83 bits per heavy atom. The molecule has 0 atom stereocenters. The smallest absolute Gasteiger partial charge is 0.179 e. The normalized spacial score (nSPS) is 10.7. The second-order valence-electron chi connectivity index (χ2n) is 4.52. The molecule has 2 aromatic rings. The Balaban J connectivity index is 2.00. The van der Waals surface area contributed by atoms with Crippen LogP contribution in [0.1, 0.15) is 12.5 Å². The van der Waals surface area contributed by atoms with Gasteiger partial charge >= 0.3 is 0 Å². The van der Waals surface area contributed by atoms with Crippen molar-refractivity contribution in [2.75, 3.05) is 19.8 Å². The predicted molar refractivity (Wildman–Crippen MR) is 89.4 cm³/mol. The summed E-state index contributed by atoms with van der Waals surface area (Å²) in [7, 11) is 0. The molecule has 2 rings (SSSR count). The first-order valence-electron chi connectivity index (χ1n) is 7.19. The maximum absolute atomic E-state index is 8.62. The zero-order valence-electron chi connectivity index (χ0n) is 12.7. The molecule has 0 saturated carbocycles. The average Bonchev–Trinajstić information content (AvgIpc) is 2.55. The van der Waals surface area contributed by atoms with Crippen molar-refractivity contribution in [3.63, 3.8) is 0 Å². The number of hydrogen-bond donors (Lipinski definition) is 1. The van der Waals surface area contributed by atoms with E-state index in [1.54, 1.807) is 12.1 Å². The van der Waals surface area contributed by atoms with E-state index in [1.165, 1.54) is 6.21 Å². The van der Waals surface area contributed by atoms with Crippen molar-refractivity contribution in [1.82, 2.24) is 0 Å². The van der Waals surface area contributed by atoms with Gasteiger partial charge in [-0.15, -0.1) is 0 Å². The van der Waals surface area contributed by atoms with Crippen LogP contribution in [0.25, 0.3) is 0 Å². The third kappa shape index (κ3) is 5.07. The number of hydrogen-bond acceptors (Lipinski definition) is 5. The largest absolute Gasteiger partial charge is 0.490 e. The maximum Gasteiger partial charge on any atom is 0.179 e. The first kappa shape index (κ1) is 17.0. The molecule has 2 aromatic carbocycles. The topological polar surface area (TPSA) is 60.3 Å². The number of halogens is 1.